The minimum Gasteiger partial charge on any atom is -0.376 e. The Morgan fingerprint density at radius 2 is 1.86 bits per heavy atom. The Morgan fingerprint density at radius 1 is 1.11 bits per heavy atom. The Labute approximate surface area is 225 Å². The minimum atomic E-state index is -3.79. The second-order valence-corrected chi connectivity index (χ2v) is 12.0. The number of benzene rings is 3. The predicted molar refractivity (Wildman–Crippen MR) is 148 cm³/mol. The Morgan fingerprint density at radius 3 is 2.54 bits per heavy atom. The number of carbonyl (C=O) groups is 1. The van der Waals surface area contributed by atoms with Gasteiger partial charge in [0, 0.05) is 23.7 Å². The van der Waals surface area contributed by atoms with E-state index in [1.807, 2.05) is 18.2 Å². The van der Waals surface area contributed by atoms with E-state index in [-0.39, 0.29) is 23.5 Å². The summed E-state index contributed by atoms with van der Waals surface area (Å²) in [6.45, 7) is 3.11. The summed E-state index contributed by atoms with van der Waals surface area (Å²) in [5.74, 6) is -0.264. The fourth-order valence-electron chi connectivity index (χ4n) is 4.38. The maximum atomic E-state index is 13.7. The quantitative estimate of drug-likeness (QED) is 0.267. The van der Waals surface area contributed by atoms with Crippen LogP contribution in [0.2, 0.25) is 5.02 Å². The van der Waals surface area contributed by atoms with Gasteiger partial charge in [-0.25, -0.2) is 13.4 Å². The first-order chi connectivity index (χ1) is 17.9. The lowest BCUT2D eigenvalue weighted by Gasteiger charge is -2.24. The molecule has 0 bridgehead atoms. The highest BCUT2D eigenvalue weighted by Gasteiger charge is 2.28. The molecule has 2 heterocycles. The number of hydrogen-bond acceptors (Lipinski definition) is 6. The highest BCUT2D eigenvalue weighted by molar-refractivity contribution is 7.92. The third-order valence-corrected chi connectivity index (χ3v) is 9.44. The van der Waals surface area contributed by atoms with Crippen molar-refractivity contribution in [2.24, 2.45) is 0 Å². The molecule has 0 radical (unpaired) electrons. The van der Waals surface area contributed by atoms with Crippen LogP contribution in [0.4, 0.5) is 10.8 Å². The van der Waals surface area contributed by atoms with Crippen molar-refractivity contribution in [2.75, 3.05) is 28.9 Å². The molecule has 1 saturated heterocycles. The molecule has 1 atom stereocenters. The number of nitrogens with zero attached hydrogens (tertiary/aromatic N) is 3. The second kappa shape index (κ2) is 10.8. The largest absolute Gasteiger partial charge is 0.376 e. The molecule has 4 aromatic rings. The van der Waals surface area contributed by atoms with Gasteiger partial charge in [-0.3, -0.25) is 14.0 Å². The van der Waals surface area contributed by atoms with E-state index in [2.05, 4.69) is 4.98 Å². The molecule has 192 valence electrons. The first kappa shape index (κ1) is 25.7. The van der Waals surface area contributed by atoms with E-state index >= 15 is 0 Å². The number of halogens is 1. The molecule has 1 aromatic heterocycles. The predicted octanol–water partition coefficient (Wildman–Crippen LogP) is 5.99. The second-order valence-electron chi connectivity index (χ2n) is 8.69. The van der Waals surface area contributed by atoms with Crippen LogP contribution in [0, 0.1) is 0 Å². The SMILES string of the molecule is CCN(c1ccccc1)S(=O)(=O)c1ccc(C(=O)N(CC2CCCO2)c2nc3ccc(Cl)cc3s2)cc1. The van der Waals surface area contributed by atoms with Crippen LogP contribution >= 0.6 is 22.9 Å². The van der Waals surface area contributed by atoms with Gasteiger partial charge in [-0.2, -0.15) is 0 Å². The van der Waals surface area contributed by atoms with Crippen molar-refractivity contribution >= 4 is 59.9 Å². The van der Waals surface area contributed by atoms with Crippen LogP contribution in [0.5, 0.6) is 0 Å². The zero-order chi connectivity index (χ0) is 26.0. The number of carbonyl (C=O) groups excluding carboxylic acids is 1. The average molecular weight is 556 g/mol. The van der Waals surface area contributed by atoms with E-state index in [1.54, 1.807) is 54.3 Å². The molecular weight excluding hydrogens is 530 g/mol. The molecule has 1 aliphatic rings. The maximum Gasteiger partial charge on any atom is 0.264 e. The number of rotatable bonds is 8. The van der Waals surface area contributed by atoms with Crippen molar-refractivity contribution < 1.29 is 17.9 Å². The van der Waals surface area contributed by atoms with Gasteiger partial charge in [-0.15, -0.1) is 0 Å². The smallest absolute Gasteiger partial charge is 0.264 e. The molecule has 1 unspecified atom stereocenters. The summed E-state index contributed by atoms with van der Waals surface area (Å²) in [5.41, 5.74) is 1.72. The number of amides is 1. The molecule has 1 fully saturated rings. The summed E-state index contributed by atoms with van der Waals surface area (Å²) in [4.78, 5) is 20.1. The Kier molecular flexibility index (Phi) is 7.48. The van der Waals surface area contributed by atoms with E-state index in [1.165, 1.54) is 27.8 Å². The summed E-state index contributed by atoms with van der Waals surface area (Å²) in [6.07, 6.45) is 1.73. The number of anilines is 2. The monoisotopic (exact) mass is 555 g/mol. The number of sulfonamides is 1. The van der Waals surface area contributed by atoms with Gasteiger partial charge in [0.15, 0.2) is 5.13 Å². The summed E-state index contributed by atoms with van der Waals surface area (Å²) < 4.78 is 34.7. The van der Waals surface area contributed by atoms with Crippen molar-refractivity contribution in [3.8, 4) is 0 Å². The molecule has 0 saturated carbocycles. The molecule has 1 aliphatic heterocycles. The lowest BCUT2D eigenvalue weighted by atomic mass is 10.2. The van der Waals surface area contributed by atoms with E-state index < -0.39 is 10.0 Å². The van der Waals surface area contributed by atoms with Crippen LogP contribution in [-0.2, 0) is 14.8 Å². The van der Waals surface area contributed by atoms with E-state index in [4.69, 9.17) is 16.3 Å². The standard InChI is InChI=1S/C27H26ClN3O4S2/c1-2-31(21-7-4-3-5-8-21)37(33,34)23-13-10-19(11-14-23)26(32)30(18-22-9-6-16-35-22)27-29-24-15-12-20(28)17-25(24)36-27/h3-5,7-8,10-15,17,22H,2,6,9,16,18H2,1H3. The van der Waals surface area contributed by atoms with E-state index in [0.29, 0.717) is 34.6 Å². The van der Waals surface area contributed by atoms with Crippen molar-refractivity contribution in [3.63, 3.8) is 0 Å². The van der Waals surface area contributed by atoms with Gasteiger partial charge in [0.2, 0.25) is 0 Å². The average Bonchev–Trinajstić information content (AvgIpc) is 3.57. The zero-order valence-corrected chi connectivity index (χ0v) is 22.6. The van der Waals surface area contributed by atoms with Crippen molar-refractivity contribution in [1.29, 1.82) is 0 Å². The number of aromatic nitrogens is 1. The van der Waals surface area contributed by atoms with Crippen molar-refractivity contribution in [2.45, 2.75) is 30.8 Å². The van der Waals surface area contributed by atoms with E-state index in [0.717, 1.165) is 23.1 Å². The molecule has 5 rings (SSSR count). The first-order valence-corrected chi connectivity index (χ1v) is 14.7. The van der Waals surface area contributed by atoms with Gasteiger partial charge >= 0.3 is 0 Å². The molecule has 37 heavy (non-hydrogen) atoms. The van der Waals surface area contributed by atoms with E-state index in [9.17, 15) is 13.2 Å². The van der Waals surface area contributed by atoms with Gasteiger partial charge in [0.05, 0.1) is 33.4 Å². The Bertz CT molecular complexity index is 1500. The van der Waals surface area contributed by atoms with Crippen molar-refractivity contribution in [1.82, 2.24) is 4.98 Å². The summed E-state index contributed by atoms with van der Waals surface area (Å²) >= 11 is 7.54. The normalized spacial score (nSPS) is 15.7. The van der Waals surface area contributed by atoms with Crippen LogP contribution in [0.25, 0.3) is 10.2 Å². The lowest BCUT2D eigenvalue weighted by Crippen LogP contribution is -2.37. The fourth-order valence-corrected chi connectivity index (χ4v) is 7.10. The highest BCUT2D eigenvalue weighted by atomic mass is 35.5. The molecule has 7 nitrogen and oxygen atoms in total. The fraction of sp³-hybridized carbons (Fsp3) is 0.259. The lowest BCUT2D eigenvalue weighted by molar-refractivity contribution is 0.0917. The Hall–Kier alpha value is -2.98. The van der Waals surface area contributed by atoms with Crippen molar-refractivity contribution in [3.05, 3.63) is 83.4 Å². The summed E-state index contributed by atoms with van der Waals surface area (Å²) in [7, 11) is -3.79. The van der Waals surface area contributed by atoms with Gasteiger partial charge in [0.25, 0.3) is 15.9 Å². The molecule has 1 amide bonds. The molecule has 0 N–H and O–H groups in total. The summed E-state index contributed by atoms with van der Waals surface area (Å²) in [5, 5.41) is 1.16. The molecule has 3 aromatic carbocycles. The van der Waals surface area contributed by atoms with Crippen LogP contribution in [0.3, 0.4) is 0 Å². The number of thiazole rings is 1. The number of hydrogen-bond donors (Lipinski definition) is 0. The maximum absolute atomic E-state index is 13.7. The third kappa shape index (κ3) is 5.36. The van der Waals surface area contributed by atoms with Crippen LogP contribution in [0.1, 0.15) is 30.1 Å². The zero-order valence-electron chi connectivity index (χ0n) is 20.2. The molecule has 10 heteroatoms. The Balaban J connectivity index is 1.45. The first-order valence-electron chi connectivity index (χ1n) is 12.0. The molecular formula is C27H26ClN3O4S2. The number of para-hydroxylation sites is 1. The molecule has 0 spiro atoms. The third-order valence-electron chi connectivity index (χ3n) is 6.25. The van der Waals surface area contributed by atoms with Crippen LogP contribution in [0.15, 0.2) is 77.7 Å². The molecule has 0 aliphatic carbocycles. The highest BCUT2D eigenvalue weighted by Crippen LogP contribution is 2.33. The number of ether oxygens (including phenoxy) is 1. The van der Waals surface area contributed by atoms with Gasteiger partial charge in [-0.1, -0.05) is 41.1 Å². The van der Waals surface area contributed by atoms with Crippen LogP contribution < -0.4 is 9.21 Å². The van der Waals surface area contributed by atoms with Gasteiger partial charge < -0.3 is 4.74 Å². The number of fused-ring (bicyclic) bond motifs is 1. The van der Waals surface area contributed by atoms with Gasteiger partial charge in [-0.05, 0) is 74.4 Å². The summed E-state index contributed by atoms with van der Waals surface area (Å²) in [6, 6.07) is 20.5. The van der Waals surface area contributed by atoms with Crippen LogP contribution in [-0.4, -0.2) is 45.1 Å². The minimum absolute atomic E-state index is 0.0804. The topological polar surface area (TPSA) is 79.8 Å². The van der Waals surface area contributed by atoms with Gasteiger partial charge in [0.1, 0.15) is 0 Å².